The lowest BCUT2D eigenvalue weighted by Crippen LogP contribution is -2.35. The molecule has 0 spiro atoms. The van der Waals surface area contributed by atoms with Crippen molar-refractivity contribution in [2.45, 2.75) is 0 Å². The summed E-state index contributed by atoms with van der Waals surface area (Å²) in [6.07, 6.45) is 0. The number of ether oxygens (including phenoxy) is 1. The zero-order valence-corrected chi connectivity index (χ0v) is 9.74. The van der Waals surface area contributed by atoms with E-state index >= 15 is 0 Å². The van der Waals surface area contributed by atoms with Crippen molar-refractivity contribution in [2.75, 3.05) is 26.4 Å². The van der Waals surface area contributed by atoms with Crippen molar-refractivity contribution in [1.82, 2.24) is 10.6 Å². The Labute approximate surface area is 99.1 Å². The van der Waals surface area contributed by atoms with Crippen LogP contribution in [-0.4, -0.2) is 32.5 Å². The van der Waals surface area contributed by atoms with Crippen molar-refractivity contribution in [3.63, 3.8) is 0 Å². The molecule has 0 aliphatic carbocycles. The van der Waals surface area contributed by atoms with Crippen LogP contribution in [0.5, 0.6) is 5.75 Å². The number of nitrogens with one attached hydrogen (secondary N) is 2. The Balaban J connectivity index is 2.74. The molecule has 6 nitrogen and oxygen atoms in total. The molecule has 1 aromatic rings. The molecule has 4 N–H and O–H groups in total. The molecule has 6 heteroatoms. The number of carbonyl (C=O) groups is 2. The quantitative estimate of drug-likeness (QED) is 0.630. The molecule has 0 heterocycles. The van der Waals surface area contributed by atoms with Crippen LogP contribution in [0.1, 0.15) is 10.4 Å². The average Bonchev–Trinajstić information content (AvgIpc) is 2.34. The number of hydrogen-bond acceptors (Lipinski definition) is 4. The van der Waals surface area contributed by atoms with Crippen molar-refractivity contribution in [3.05, 3.63) is 23.8 Å². The van der Waals surface area contributed by atoms with Crippen molar-refractivity contribution in [1.29, 1.82) is 0 Å². The van der Waals surface area contributed by atoms with Gasteiger partial charge in [0.1, 0.15) is 5.75 Å². The van der Waals surface area contributed by atoms with E-state index in [0.717, 1.165) is 0 Å². The molecule has 92 valence electrons. The van der Waals surface area contributed by atoms with Gasteiger partial charge in [-0.3, -0.25) is 9.59 Å². The Morgan fingerprint density at radius 1 is 1.35 bits per heavy atom. The van der Waals surface area contributed by atoms with E-state index in [0.29, 0.717) is 17.0 Å². The Hall–Kier alpha value is -2.24. The summed E-state index contributed by atoms with van der Waals surface area (Å²) in [6.45, 7) is -0.0769. The van der Waals surface area contributed by atoms with Gasteiger partial charge >= 0.3 is 0 Å². The first-order chi connectivity index (χ1) is 8.06. The number of anilines is 1. The first-order valence-corrected chi connectivity index (χ1v) is 5.00. The highest BCUT2D eigenvalue weighted by molar-refractivity contribution is 5.97. The highest BCUT2D eigenvalue weighted by atomic mass is 16.5. The molecule has 0 bridgehead atoms. The number of carbonyl (C=O) groups excluding carboxylic acids is 2. The lowest BCUT2D eigenvalue weighted by atomic mass is 10.1. The molecule has 1 rings (SSSR count). The third kappa shape index (κ3) is 3.67. The Morgan fingerprint density at radius 2 is 2.06 bits per heavy atom. The zero-order chi connectivity index (χ0) is 12.8. The second-order valence-corrected chi connectivity index (χ2v) is 3.35. The van der Waals surface area contributed by atoms with E-state index in [1.165, 1.54) is 20.2 Å². The Morgan fingerprint density at radius 3 is 2.65 bits per heavy atom. The van der Waals surface area contributed by atoms with E-state index in [4.69, 9.17) is 10.5 Å². The SMILES string of the molecule is CNC(=O)CNC(=O)c1cc(N)cc(OC)c1. The molecule has 0 aliphatic heterocycles. The van der Waals surface area contributed by atoms with Crippen molar-refractivity contribution in [3.8, 4) is 5.75 Å². The average molecular weight is 237 g/mol. The van der Waals surface area contributed by atoms with Crippen molar-refractivity contribution < 1.29 is 14.3 Å². The third-order valence-corrected chi connectivity index (χ3v) is 2.12. The van der Waals surface area contributed by atoms with Gasteiger partial charge in [-0.1, -0.05) is 0 Å². The summed E-state index contributed by atoms with van der Waals surface area (Å²) in [7, 11) is 2.99. The fourth-order valence-corrected chi connectivity index (χ4v) is 1.22. The second kappa shape index (κ2) is 5.74. The predicted octanol–water partition coefficient (Wildman–Crippen LogP) is -0.247. The highest BCUT2D eigenvalue weighted by Gasteiger charge is 2.09. The van der Waals surface area contributed by atoms with Crippen LogP contribution >= 0.6 is 0 Å². The zero-order valence-electron chi connectivity index (χ0n) is 9.74. The minimum Gasteiger partial charge on any atom is -0.497 e. The van der Waals surface area contributed by atoms with Crippen LogP contribution < -0.4 is 21.1 Å². The van der Waals surface area contributed by atoms with Gasteiger partial charge in [-0.15, -0.1) is 0 Å². The second-order valence-electron chi connectivity index (χ2n) is 3.35. The predicted molar refractivity (Wildman–Crippen MR) is 63.8 cm³/mol. The fraction of sp³-hybridized carbons (Fsp3) is 0.273. The minimum absolute atomic E-state index is 0.0769. The summed E-state index contributed by atoms with van der Waals surface area (Å²) in [5.41, 5.74) is 6.39. The lowest BCUT2D eigenvalue weighted by Gasteiger charge is -2.07. The smallest absolute Gasteiger partial charge is 0.251 e. The molecular weight excluding hydrogens is 222 g/mol. The first-order valence-electron chi connectivity index (χ1n) is 5.00. The number of rotatable bonds is 4. The number of likely N-dealkylation sites (N-methyl/N-ethyl adjacent to an activating group) is 1. The number of nitrogen functional groups attached to an aromatic ring is 1. The molecule has 0 unspecified atom stereocenters. The van der Waals surface area contributed by atoms with Gasteiger partial charge in [0.05, 0.1) is 13.7 Å². The largest absolute Gasteiger partial charge is 0.497 e. The minimum atomic E-state index is -0.376. The monoisotopic (exact) mass is 237 g/mol. The van der Waals surface area contributed by atoms with Crippen LogP contribution in [0, 0.1) is 0 Å². The number of methoxy groups -OCH3 is 1. The molecule has 0 atom stereocenters. The van der Waals surface area contributed by atoms with Gasteiger partial charge in [0, 0.05) is 24.4 Å². The van der Waals surface area contributed by atoms with Gasteiger partial charge in [-0.25, -0.2) is 0 Å². The molecule has 1 aromatic carbocycles. The maximum atomic E-state index is 11.7. The van der Waals surface area contributed by atoms with E-state index in [9.17, 15) is 9.59 Å². The van der Waals surface area contributed by atoms with Crippen LogP contribution in [0.15, 0.2) is 18.2 Å². The van der Waals surface area contributed by atoms with Gasteiger partial charge in [0.25, 0.3) is 5.91 Å². The number of nitrogens with two attached hydrogens (primary N) is 1. The molecule has 0 aliphatic rings. The summed E-state index contributed by atoms with van der Waals surface area (Å²) in [5.74, 6) is -0.150. The number of hydrogen-bond donors (Lipinski definition) is 3. The van der Waals surface area contributed by atoms with E-state index in [1.54, 1.807) is 12.1 Å². The molecule has 0 radical (unpaired) electrons. The van der Waals surface area contributed by atoms with Crippen LogP contribution in [0.3, 0.4) is 0 Å². The third-order valence-electron chi connectivity index (χ3n) is 2.12. The lowest BCUT2D eigenvalue weighted by molar-refractivity contribution is -0.119. The van der Waals surface area contributed by atoms with Crippen LogP contribution in [0.4, 0.5) is 5.69 Å². The van der Waals surface area contributed by atoms with Gasteiger partial charge in [-0.2, -0.15) is 0 Å². The molecule has 0 fully saturated rings. The van der Waals surface area contributed by atoms with Gasteiger partial charge < -0.3 is 21.1 Å². The van der Waals surface area contributed by atoms with E-state index in [2.05, 4.69) is 10.6 Å². The molecule has 0 saturated carbocycles. The normalized spacial score (nSPS) is 9.53. The molecule has 17 heavy (non-hydrogen) atoms. The van der Waals surface area contributed by atoms with E-state index in [1.807, 2.05) is 0 Å². The topological polar surface area (TPSA) is 93.5 Å². The maximum absolute atomic E-state index is 11.7. The van der Waals surface area contributed by atoms with Gasteiger partial charge in [-0.05, 0) is 12.1 Å². The van der Waals surface area contributed by atoms with Crippen molar-refractivity contribution in [2.24, 2.45) is 0 Å². The fourth-order valence-electron chi connectivity index (χ4n) is 1.22. The summed E-state index contributed by atoms with van der Waals surface area (Å²) in [6, 6.07) is 4.67. The molecule has 0 saturated heterocycles. The number of benzene rings is 1. The van der Waals surface area contributed by atoms with Gasteiger partial charge in [0.2, 0.25) is 5.91 Å². The molecule has 0 aromatic heterocycles. The first kappa shape index (κ1) is 12.8. The van der Waals surface area contributed by atoms with Crippen LogP contribution in [-0.2, 0) is 4.79 Å². The van der Waals surface area contributed by atoms with Crippen LogP contribution in [0.2, 0.25) is 0 Å². The summed E-state index contributed by atoms with van der Waals surface area (Å²) in [4.78, 5) is 22.6. The summed E-state index contributed by atoms with van der Waals surface area (Å²) in [5, 5.41) is 4.87. The van der Waals surface area contributed by atoms with Gasteiger partial charge in [0.15, 0.2) is 0 Å². The van der Waals surface area contributed by atoms with E-state index in [-0.39, 0.29) is 18.4 Å². The van der Waals surface area contributed by atoms with Crippen LogP contribution in [0.25, 0.3) is 0 Å². The van der Waals surface area contributed by atoms with Crippen molar-refractivity contribution >= 4 is 17.5 Å². The highest BCUT2D eigenvalue weighted by Crippen LogP contribution is 2.18. The summed E-state index contributed by atoms with van der Waals surface area (Å²) < 4.78 is 4.99. The Bertz CT molecular complexity index is 432. The van der Waals surface area contributed by atoms with E-state index < -0.39 is 0 Å². The number of amides is 2. The summed E-state index contributed by atoms with van der Waals surface area (Å²) >= 11 is 0. The molecular formula is C11H15N3O3. The Kier molecular flexibility index (Phi) is 4.33. The molecule has 2 amide bonds. The standard InChI is InChI=1S/C11H15N3O3/c1-13-10(15)6-14-11(16)7-3-8(12)5-9(4-7)17-2/h3-5H,6,12H2,1-2H3,(H,13,15)(H,14,16). The maximum Gasteiger partial charge on any atom is 0.251 e.